The maximum Gasteiger partial charge on any atom is 0.264 e. The summed E-state index contributed by atoms with van der Waals surface area (Å²) >= 11 is 0. The fraction of sp³-hybridized carbons (Fsp3) is 1.00. The predicted octanol–water partition coefficient (Wildman–Crippen LogP) is 1.31. The van der Waals surface area contributed by atoms with E-state index >= 15 is 0 Å². The van der Waals surface area contributed by atoms with E-state index in [1.54, 1.807) is 0 Å². The van der Waals surface area contributed by atoms with Crippen LogP contribution >= 0.6 is 0 Å². The minimum Gasteiger partial charge on any atom is -0.367 e. The smallest absolute Gasteiger partial charge is 0.264 e. The number of ether oxygens (including phenoxy) is 1. The maximum absolute atomic E-state index is 10.8. The largest absolute Gasteiger partial charge is 0.367 e. The quantitative estimate of drug-likeness (QED) is 0.543. The molecule has 2 fully saturated rings. The highest BCUT2D eigenvalue weighted by Crippen LogP contribution is 2.38. The van der Waals surface area contributed by atoms with Gasteiger partial charge in [-0.25, -0.2) is 0 Å². The molecule has 15 heavy (non-hydrogen) atoms. The number of hydrogen-bond acceptors (Lipinski definition) is 4. The Morgan fingerprint density at radius 3 is 2.53 bits per heavy atom. The summed E-state index contributed by atoms with van der Waals surface area (Å²) in [5.41, 5.74) is 0. The van der Waals surface area contributed by atoms with E-state index in [0.717, 1.165) is 6.26 Å². The van der Waals surface area contributed by atoms with Gasteiger partial charge < -0.3 is 4.74 Å². The first-order valence-electron chi connectivity index (χ1n) is 5.56. The van der Waals surface area contributed by atoms with Gasteiger partial charge in [0, 0.05) is 0 Å². The molecule has 2 unspecified atom stereocenters. The molecule has 2 rings (SSSR count). The Labute approximate surface area is 91.1 Å². The fourth-order valence-electron chi connectivity index (χ4n) is 2.36. The summed E-state index contributed by atoms with van der Waals surface area (Å²) in [4.78, 5) is 0. The standard InChI is InChI=1S/C10H18O4S/c1-15(11,12)13-7-9-10(14-9)8-5-3-2-4-6-8/h8-10H,2-7H2,1H3. The number of hydrogen-bond donors (Lipinski definition) is 0. The third kappa shape index (κ3) is 3.43. The van der Waals surface area contributed by atoms with Gasteiger partial charge in [-0.05, 0) is 18.8 Å². The summed E-state index contributed by atoms with van der Waals surface area (Å²) in [6.45, 7) is 0.194. The Morgan fingerprint density at radius 1 is 1.27 bits per heavy atom. The van der Waals surface area contributed by atoms with Gasteiger partial charge in [0.05, 0.1) is 19.0 Å². The Hall–Kier alpha value is -0.130. The first-order chi connectivity index (χ1) is 7.06. The van der Waals surface area contributed by atoms with Crippen LogP contribution in [0.15, 0.2) is 0 Å². The molecule has 0 aromatic carbocycles. The lowest BCUT2D eigenvalue weighted by molar-refractivity contribution is 0.245. The summed E-state index contributed by atoms with van der Waals surface area (Å²) in [7, 11) is -3.31. The molecule has 0 aromatic heterocycles. The van der Waals surface area contributed by atoms with E-state index in [9.17, 15) is 8.42 Å². The van der Waals surface area contributed by atoms with Crippen molar-refractivity contribution in [3.63, 3.8) is 0 Å². The van der Waals surface area contributed by atoms with E-state index in [1.165, 1.54) is 32.1 Å². The summed E-state index contributed by atoms with van der Waals surface area (Å²) in [6, 6.07) is 0. The molecular weight excluding hydrogens is 216 g/mol. The highest BCUT2D eigenvalue weighted by molar-refractivity contribution is 7.85. The zero-order valence-electron chi connectivity index (χ0n) is 9.02. The number of rotatable bonds is 4. The highest BCUT2D eigenvalue weighted by atomic mass is 32.2. The van der Waals surface area contributed by atoms with Crippen LogP contribution in [-0.2, 0) is 19.0 Å². The van der Waals surface area contributed by atoms with Crippen LogP contribution < -0.4 is 0 Å². The van der Waals surface area contributed by atoms with Crippen LogP contribution in [0.2, 0.25) is 0 Å². The fourth-order valence-corrected chi connectivity index (χ4v) is 2.74. The molecule has 5 heteroatoms. The first-order valence-corrected chi connectivity index (χ1v) is 7.38. The molecule has 0 aromatic rings. The second-order valence-corrected chi connectivity index (χ2v) is 6.17. The van der Waals surface area contributed by atoms with Crippen LogP contribution in [0.3, 0.4) is 0 Å². The summed E-state index contributed by atoms with van der Waals surface area (Å²) in [6.07, 6.45) is 7.68. The lowest BCUT2D eigenvalue weighted by Gasteiger charge is -2.19. The molecule has 1 aliphatic heterocycles. The molecule has 1 saturated carbocycles. The Bertz CT molecular complexity index is 305. The monoisotopic (exact) mass is 234 g/mol. The molecule has 2 aliphatic rings. The van der Waals surface area contributed by atoms with Gasteiger partial charge in [0.15, 0.2) is 0 Å². The van der Waals surface area contributed by atoms with E-state index in [0.29, 0.717) is 5.92 Å². The molecule has 0 spiro atoms. The Balaban J connectivity index is 1.71. The van der Waals surface area contributed by atoms with E-state index in [-0.39, 0.29) is 18.8 Å². The van der Waals surface area contributed by atoms with Crippen molar-refractivity contribution in [2.45, 2.75) is 44.3 Å². The second-order valence-electron chi connectivity index (χ2n) is 4.53. The van der Waals surface area contributed by atoms with Crippen molar-refractivity contribution < 1.29 is 17.3 Å². The molecule has 2 atom stereocenters. The van der Waals surface area contributed by atoms with Gasteiger partial charge in [0.2, 0.25) is 0 Å². The van der Waals surface area contributed by atoms with Crippen LogP contribution in [0.5, 0.6) is 0 Å². The third-order valence-corrected chi connectivity index (χ3v) is 3.75. The molecule has 0 amide bonds. The van der Waals surface area contributed by atoms with Crippen molar-refractivity contribution >= 4 is 10.1 Å². The van der Waals surface area contributed by atoms with Crippen molar-refractivity contribution in [1.29, 1.82) is 0 Å². The third-order valence-electron chi connectivity index (χ3n) is 3.18. The summed E-state index contributed by atoms with van der Waals surface area (Å²) < 4.78 is 31.7. The lowest BCUT2D eigenvalue weighted by atomic mass is 9.86. The van der Waals surface area contributed by atoms with Gasteiger partial charge in [-0.3, -0.25) is 4.18 Å². The van der Waals surface area contributed by atoms with Gasteiger partial charge in [0.1, 0.15) is 6.10 Å². The minimum atomic E-state index is -3.31. The molecular formula is C10H18O4S. The second kappa shape index (κ2) is 4.39. The lowest BCUT2D eigenvalue weighted by Crippen LogP contribution is -2.17. The van der Waals surface area contributed by atoms with Crippen molar-refractivity contribution in [2.24, 2.45) is 5.92 Å². The normalized spacial score (nSPS) is 32.9. The molecule has 1 aliphatic carbocycles. The van der Waals surface area contributed by atoms with Gasteiger partial charge in [-0.15, -0.1) is 0 Å². The van der Waals surface area contributed by atoms with Crippen LogP contribution in [0.4, 0.5) is 0 Å². The molecule has 1 saturated heterocycles. The predicted molar refractivity (Wildman–Crippen MR) is 56.0 cm³/mol. The van der Waals surface area contributed by atoms with Crippen molar-refractivity contribution in [3.8, 4) is 0 Å². The summed E-state index contributed by atoms with van der Waals surface area (Å²) in [5, 5.41) is 0. The average molecular weight is 234 g/mol. The van der Waals surface area contributed by atoms with Gasteiger partial charge >= 0.3 is 0 Å². The van der Waals surface area contributed by atoms with E-state index < -0.39 is 10.1 Å². The summed E-state index contributed by atoms with van der Waals surface area (Å²) in [5.74, 6) is 0.631. The van der Waals surface area contributed by atoms with E-state index in [4.69, 9.17) is 8.92 Å². The topological polar surface area (TPSA) is 55.9 Å². The maximum atomic E-state index is 10.8. The van der Waals surface area contributed by atoms with Crippen LogP contribution in [0, 0.1) is 5.92 Å². The van der Waals surface area contributed by atoms with Crippen molar-refractivity contribution in [3.05, 3.63) is 0 Å². The Morgan fingerprint density at radius 2 is 1.93 bits per heavy atom. The highest BCUT2D eigenvalue weighted by Gasteiger charge is 2.45. The Kier molecular flexibility index (Phi) is 3.33. The van der Waals surface area contributed by atoms with Crippen molar-refractivity contribution in [1.82, 2.24) is 0 Å². The van der Waals surface area contributed by atoms with Crippen LogP contribution in [-0.4, -0.2) is 33.5 Å². The average Bonchev–Trinajstić information content (AvgIpc) is 2.94. The molecule has 0 N–H and O–H groups in total. The number of epoxide rings is 1. The molecule has 1 heterocycles. The van der Waals surface area contributed by atoms with Crippen LogP contribution in [0.1, 0.15) is 32.1 Å². The molecule has 0 radical (unpaired) electrons. The molecule has 88 valence electrons. The van der Waals surface area contributed by atoms with E-state index in [2.05, 4.69) is 0 Å². The van der Waals surface area contributed by atoms with Crippen molar-refractivity contribution in [2.75, 3.05) is 12.9 Å². The van der Waals surface area contributed by atoms with Gasteiger partial charge in [0.25, 0.3) is 10.1 Å². The van der Waals surface area contributed by atoms with Gasteiger partial charge in [-0.2, -0.15) is 8.42 Å². The zero-order valence-corrected chi connectivity index (χ0v) is 9.83. The first kappa shape index (κ1) is 11.4. The SMILES string of the molecule is CS(=O)(=O)OCC1OC1C1CCCCC1. The zero-order chi connectivity index (χ0) is 10.9. The van der Waals surface area contributed by atoms with Crippen LogP contribution in [0.25, 0.3) is 0 Å². The molecule has 0 bridgehead atoms. The minimum absolute atomic E-state index is 0.0165. The van der Waals surface area contributed by atoms with E-state index in [1.807, 2.05) is 0 Å². The molecule has 4 nitrogen and oxygen atoms in total. The van der Waals surface area contributed by atoms with Gasteiger partial charge in [-0.1, -0.05) is 19.3 Å².